The highest BCUT2D eigenvalue weighted by Gasteiger charge is 2.25. The minimum atomic E-state index is -0.455. The molecular formula is C14H22N4O2. The van der Waals surface area contributed by atoms with Crippen molar-refractivity contribution in [2.75, 3.05) is 24.5 Å². The van der Waals surface area contributed by atoms with Crippen molar-refractivity contribution < 1.29 is 9.53 Å². The normalized spacial score (nSPS) is 18.9. The fourth-order valence-corrected chi connectivity index (χ4v) is 2.18. The summed E-state index contributed by atoms with van der Waals surface area (Å²) in [4.78, 5) is 22.2. The summed E-state index contributed by atoms with van der Waals surface area (Å²) >= 11 is 0. The van der Waals surface area contributed by atoms with Gasteiger partial charge in [0.15, 0.2) is 0 Å². The lowest BCUT2D eigenvalue weighted by Gasteiger charge is -2.21. The Morgan fingerprint density at radius 1 is 1.45 bits per heavy atom. The van der Waals surface area contributed by atoms with E-state index in [1.54, 1.807) is 18.5 Å². The van der Waals surface area contributed by atoms with Gasteiger partial charge < -0.3 is 15.0 Å². The number of ether oxygens (including phenoxy) is 1. The van der Waals surface area contributed by atoms with Crippen molar-refractivity contribution >= 4 is 12.0 Å². The van der Waals surface area contributed by atoms with E-state index in [1.165, 1.54) is 0 Å². The third kappa shape index (κ3) is 4.36. The van der Waals surface area contributed by atoms with Crippen LogP contribution in [0.3, 0.4) is 0 Å². The lowest BCUT2D eigenvalue weighted by atomic mass is 10.1. The van der Waals surface area contributed by atoms with Crippen molar-refractivity contribution in [2.45, 2.75) is 32.8 Å². The summed E-state index contributed by atoms with van der Waals surface area (Å²) in [5.74, 6) is 1.17. The Labute approximate surface area is 119 Å². The summed E-state index contributed by atoms with van der Waals surface area (Å²) in [5, 5.41) is 2.82. The fraction of sp³-hybridized carbons (Fsp3) is 0.643. The molecule has 20 heavy (non-hydrogen) atoms. The van der Waals surface area contributed by atoms with Crippen molar-refractivity contribution in [3.8, 4) is 0 Å². The fourth-order valence-electron chi connectivity index (χ4n) is 2.18. The first-order valence-electron chi connectivity index (χ1n) is 6.93. The van der Waals surface area contributed by atoms with Crippen LogP contribution in [0, 0.1) is 5.92 Å². The Kier molecular flexibility index (Phi) is 4.42. The largest absolute Gasteiger partial charge is 0.444 e. The van der Waals surface area contributed by atoms with Crippen LogP contribution in [0.25, 0.3) is 0 Å². The monoisotopic (exact) mass is 278 g/mol. The number of nitrogens with zero attached hydrogens (tertiary/aromatic N) is 3. The Balaban J connectivity index is 1.75. The zero-order valence-electron chi connectivity index (χ0n) is 12.3. The molecule has 0 aromatic carbocycles. The molecule has 110 valence electrons. The van der Waals surface area contributed by atoms with Gasteiger partial charge in [-0.3, -0.25) is 0 Å². The molecule has 0 bridgehead atoms. The summed E-state index contributed by atoms with van der Waals surface area (Å²) in [6, 6.07) is 1.81. The average molecular weight is 278 g/mol. The highest BCUT2D eigenvalue weighted by atomic mass is 16.6. The van der Waals surface area contributed by atoms with Crippen LogP contribution in [-0.4, -0.2) is 41.3 Å². The first-order chi connectivity index (χ1) is 9.44. The summed E-state index contributed by atoms with van der Waals surface area (Å²) in [6.45, 7) is 7.98. The lowest BCUT2D eigenvalue weighted by Crippen LogP contribution is -2.36. The minimum absolute atomic E-state index is 0.355. The molecule has 1 aliphatic heterocycles. The van der Waals surface area contributed by atoms with Gasteiger partial charge in [-0.25, -0.2) is 14.8 Å². The van der Waals surface area contributed by atoms with E-state index in [1.807, 2.05) is 20.8 Å². The van der Waals surface area contributed by atoms with Gasteiger partial charge in [-0.15, -0.1) is 0 Å². The molecule has 1 atom stereocenters. The number of aromatic nitrogens is 2. The van der Waals surface area contributed by atoms with E-state index in [0.29, 0.717) is 12.5 Å². The third-order valence-corrected chi connectivity index (χ3v) is 3.05. The molecule has 0 saturated carbocycles. The Morgan fingerprint density at radius 2 is 2.15 bits per heavy atom. The molecule has 1 N–H and O–H groups in total. The number of amides is 1. The van der Waals surface area contributed by atoms with E-state index in [0.717, 1.165) is 25.5 Å². The van der Waals surface area contributed by atoms with E-state index < -0.39 is 5.60 Å². The van der Waals surface area contributed by atoms with Crippen LogP contribution in [0.15, 0.2) is 18.5 Å². The molecule has 6 heteroatoms. The van der Waals surface area contributed by atoms with Gasteiger partial charge >= 0.3 is 6.09 Å². The van der Waals surface area contributed by atoms with Crippen molar-refractivity contribution in [3.05, 3.63) is 18.5 Å². The highest BCUT2D eigenvalue weighted by Crippen LogP contribution is 2.19. The molecule has 1 saturated heterocycles. The first kappa shape index (κ1) is 14.6. The molecule has 0 radical (unpaired) electrons. The van der Waals surface area contributed by atoms with Gasteiger partial charge in [0.05, 0.1) is 0 Å². The van der Waals surface area contributed by atoms with Crippen LogP contribution in [0.2, 0.25) is 0 Å². The van der Waals surface area contributed by atoms with E-state index in [2.05, 4.69) is 20.2 Å². The molecule has 1 aromatic rings. The molecule has 1 aliphatic rings. The second-order valence-electron chi connectivity index (χ2n) is 6.03. The smallest absolute Gasteiger partial charge is 0.407 e. The SMILES string of the molecule is CC(C)(C)OC(=O)NC[C@H]1CCN(c2ncccn2)C1. The topological polar surface area (TPSA) is 67.3 Å². The molecule has 2 heterocycles. The van der Waals surface area contributed by atoms with Crippen LogP contribution in [-0.2, 0) is 4.74 Å². The molecule has 0 unspecified atom stereocenters. The van der Waals surface area contributed by atoms with Gasteiger partial charge in [0, 0.05) is 32.0 Å². The Hall–Kier alpha value is -1.85. The van der Waals surface area contributed by atoms with Gasteiger partial charge in [0.2, 0.25) is 5.95 Å². The molecular weight excluding hydrogens is 256 g/mol. The van der Waals surface area contributed by atoms with Gasteiger partial charge in [-0.1, -0.05) is 0 Å². The maximum Gasteiger partial charge on any atom is 0.407 e. The Bertz CT molecular complexity index is 444. The Morgan fingerprint density at radius 3 is 2.80 bits per heavy atom. The van der Waals surface area contributed by atoms with Crippen LogP contribution in [0.5, 0.6) is 0 Å². The van der Waals surface area contributed by atoms with Crippen molar-refractivity contribution in [1.82, 2.24) is 15.3 Å². The van der Waals surface area contributed by atoms with Gasteiger partial charge in [0.1, 0.15) is 5.60 Å². The number of alkyl carbamates (subject to hydrolysis) is 1. The number of carbonyl (C=O) groups excluding carboxylic acids is 1. The molecule has 1 amide bonds. The molecule has 1 aromatic heterocycles. The van der Waals surface area contributed by atoms with Crippen molar-refractivity contribution in [2.24, 2.45) is 5.92 Å². The third-order valence-electron chi connectivity index (χ3n) is 3.05. The summed E-state index contributed by atoms with van der Waals surface area (Å²) in [5.41, 5.74) is -0.455. The quantitative estimate of drug-likeness (QED) is 0.913. The number of rotatable bonds is 3. The number of nitrogens with one attached hydrogen (secondary N) is 1. The van der Waals surface area contributed by atoms with Crippen LogP contribution >= 0.6 is 0 Å². The summed E-state index contributed by atoms with van der Waals surface area (Å²) in [7, 11) is 0. The summed E-state index contributed by atoms with van der Waals surface area (Å²) < 4.78 is 5.22. The van der Waals surface area contributed by atoms with E-state index in [-0.39, 0.29) is 6.09 Å². The maximum atomic E-state index is 11.6. The number of anilines is 1. The van der Waals surface area contributed by atoms with E-state index in [9.17, 15) is 4.79 Å². The zero-order chi connectivity index (χ0) is 14.6. The first-order valence-corrected chi connectivity index (χ1v) is 6.93. The van der Waals surface area contributed by atoms with Crippen molar-refractivity contribution in [3.63, 3.8) is 0 Å². The van der Waals surface area contributed by atoms with Crippen molar-refractivity contribution in [1.29, 1.82) is 0 Å². The van der Waals surface area contributed by atoms with E-state index >= 15 is 0 Å². The molecule has 6 nitrogen and oxygen atoms in total. The predicted octanol–water partition coefficient (Wildman–Crippen LogP) is 1.83. The number of hydrogen-bond acceptors (Lipinski definition) is 5. The van der Waals surface area contributed by atoms with Crippen LogP contribution in [0.1, 0.15) is 27.2 Å². The van der Waals surface area contributed by atoms with Gasteiger partial charge in [-0.05, 0) is 39.2 Å². The second-order valence-corrected chi connectivity index (χ2v) is 6.03. The molecule has 2 rings (SSSR count). The standard InChI is InChI=1S/C14H22N4O2/c1-14(2,3)20-13(19)17-9-11-5-8-18(10-11)12-15-6-4-7-16-12/h4,6-7,11H,5,8-10H2,1-3H3,(H,17,19)/t11-/m1/s1. The summed E-state index contributed by atoms with van der Waals surface area (Å²) in [6.07, 6.45) is 4.16. The highest BCUT2D eigenvalue weighted by molar-refractivity contribution is 5.67. The minimum Gasteiger partial charge on any atom is -0.444 e. The van der Waals surface area contributed by atoms with Gasteiger partial charge in [0.25, 0.3) is 0 Å². The molecule has 0 aliphatic carbocycles. The van der Waals surface area contributed by atoms with E-state index in [4.69, 9.17) is 4.74 Å². The lowest BCUT2D eigenvalue weighted by molar-refractivity contribution is 0.0520. The second kappa shape index (κ2) is 6.07. The van der Waals surface area contributed by atoms with Gasteiger partial charge in [-0.2, -0.15) is 0 Å². The number of hydrogen-bond donors (Lipinski definition) is 1. The molecule has 0 spiro atoms. The predicted molar refractivity (Wildman–Crippen MR) is 76.6 cm³/mol. The maximum absolute atomic E-state index is 11.6. The number of carbonyl (C=O) groups is 1. The molecule has 1 fully saturated rings. The average Bonchev–Trinajstić information content (AvgIpc) is 2.84. The zero-order valence-corrected chi connectivity index (χ0v) is 12.3. The van der Waals surface area contributed by atoms with Crippen LogP contribution in [0.4, 0.5) is 10.7 Å². The van der Waals surface area contributed by atoms with Crippen LogP contribution < -0.4 is 10.2 Å².